The van der Waals surface area contributed by atoms with E-state index in [1.165, 1.54) is 0 Å². The van der Waals surface area contributed by atoms with Gasteiger partial charge in [-0.05, 0) is 18.1 Å². The number of aromatic amines is 1. The molecule has 116 valence electrons. The molecule has 0 radical (unpaired) electrons. The van der Waals surface area contributed by atoms with Gasteiger partial charge in [0.1, 0.15) is 5.75 Å². The van der Waals surface area contributed by atoms with Gasteiger partial charge in [0.05, 0.1) is 11.0 Å². The van der Waals surface area contributed by atoms with Crippen molar-refractivity contribution in [2.24, 2.45) is 5.92 Å². The maximum Gasteiger partial charge on any atom is 0.226 e. The molecule has 0 spiro atoms. The Hall–Kier alpha value is -2.22. The summed E-state index contributed by atoms with van der Waals surface area (Å²) in [6, 6.07) is 7.14. The van der Waals surface area contributed by atoms with Gasteiger partial charge >= 0.3 is 0 Å². The molecular weight excluding hydrogens is 304 g/mol. The zero-order chi connectivity index (χ0) is 15.7. The molecule has 0 fully saturated rings. The summed E-state index contributed by atoms with van der Waals surface area (Å²) in [6.45, 7) is 4.05. The Morgan fingerprint density at radius 3 is 2.73 bits per heavy atom. The first kappa shape index (κ1) is 14.7. The molecule has 1 N–H and O–H groups in total. The fraction of sp³-hybridized carbons (Fsp3) is 0.357. The second-order valence-corrected chi connectivity index (χ2v) is 7.43. The number of rotatable bonds is 5. The molecule has 0 aliphatic rings. The molecule has 0 atom stereocenters. The van der Waals surface area contributed by atoms with E-state index in [-0.39, 0.29) is 16.7 Å². The van der Waals surface area contributed by atoms with Crippen molar-refractivity contribution in [3.63, 3.8) is 0 Å². The molecule has 0 aliphatic carbocycles. The molecule has 0 bridgehead atoms. The lowest BCUT2D eigenvalue weighted by Crippen LogP contribution is -2.08. The summed E-state index contributed by atoms with van der Waals surface area (Å²) in [5, 5.41) is 3.65. The molecule has 3 rings (SSSR count). The van der Waals surface area contributed by atoms with E-state index in [0.29, 0.717) is 29.3 Å². The number of hydrogen-bond donors (Lipinski definition) is 1. The molecule has 1 aromatic carbocycles. The highest BCUT2D eigenvalue weighted by Gasteiger charge is 2.23. The van der Waals surface area contributed by atoms with Crippen LogP contribution in [0.1, 0.15) is 25.6 Å². The minimum atomic E-state index is -3.64. The van der Waals surface area contributed by atoms with Gasteiger partial charge in [0.25, 0.3) is 0 Å². The number of imidazole rings is 1. The fourth-order valence-electron chi connectivity index (χ4n) is 2.10. The van der Waals surface area contributed by atoms with E-state index in [0.717, 1.165) is 0 Å². The number of para-hydroxylation sites is 2. The number of sulfone groups is 1. The van der Waals surface area contributed by atoms with Gasteiger partial charge in [-0.2, -0.15) is 4.98 Å². The van der Waals surface area contributed by atoms with Crippen LogP contribution in [0.25, 0.3) is 11.0 Å². The van der Waals surface area contributed by atoms with E-state index in [1.807, 2.05) is 19.9 Å². The summed E-state index contributed by atoms with van der Waals surface area (Å²) in [7, 11) is -3.64. The second kappa shape index (κ2) is 5.53. The third kappa shape index (κ3) is 3.01. The number of H-pyrrole nitrogens is 1. The highest BCUT2D eigenvalue weighted by Crippen LogP contribution is 2.17. The van der Waals surface area contributed by atoms with Crippen molar-refractivity contribution in [2.45, 2.75) is 31.2 Å². The Bertz CT molecular complexity index is 863. The van der Waals surface area contributed by atoms with Crippen LogP contribution in [0.4, 0.5) is 0 Å². The summed E-state index contributed by atoms with van der Waals surface area (Å²) in [6.07, 6.45) is 0.623. The monoisotopic (exact) mass is 320 g/mol. The molecule has 0 saturated heterocycles. The van der Waals surface area contributed by atoms with Gasteiger partial charge in [0.15, 0.2) is 5.82 Å². The van der Waals surface area contributed by atoms with Crippen molar-refractivity contribution in [1.29, 1.82) is 0 Å². The molecule has 8 heteroatoms. The zero-order valence-electron chi connectivity index (χ0n) is 12.3. The van der Waals surface area contributed by atoms with Gasteiger partial charge in [-0.25, -0.2) is 13.4 Å². The van der Waals surface area contributed by atoms with E-state index in [4.69, 9.17) is 4.52 Å². The predicted molar refractivity (Wildman–Crippen MR) is 79.8 cm³/mol. The number of nitrogens with one attached hydrogen (secondary N) is 1. The van der Waals surface area contributed by atoms with Gasteiger partial charge in [-0.1, -0.05) is 31.1 Å². The van der Waals surface area contributed by atoms with Crippen molar-refractivity contribution in [3.05, 3.63) is 36.0 Å². The fourth-order valence-corrected chi connectivity index (χ4v) is 3.19. The summed E-state index contributed by atoms with van der Waals surface area (Å²) < 4.78 is 29.8. The molecule has 7 nitrogen and oxygen atoms in total. The van der Waals surface area contributed by atoms with E-state index >= 15 is 0 Å². The average molecular weight is 320 g/mol. The van der Waals surface area contributed by atoms with Crippen LogP contribution >= 0.6 is 0 Å². The molecule has 0 saturated carbocycles. The molecule has 0 aliphatic heterocycles. The van der Waals surface area contributed by atoms with Crippen LogP contribution in [0.2, 0.25) is 0 Å². The first-order chi connectivity index (χ1) is 10.4. The molecule has 2 aromatic heterocycles. The maximum atomic E-state index is 12.4. The minimum Gasteiger partial charge on any atom is -0.339 e. The van der Waals surface area contributed by atoms with E-state index in [2.05, 4.69) is 20.1 Å². The average Bonchev–Trinajstić information content (AvgIpc) is 3.04. The Kier molecular flexibility index (Phi) is 3.69. The van der Waals surface area contributed by atoms with Crippen LogP contribution in [0.15, 0.2) is 33.9 Å². The lowest BCUT2D eigenvalue weighted by molar-refractivity contribution is 0.359. The Balaban J connectivity index is 1.85. The van der Waals surface area contributed by atoms with E-state index in [1.54, 1.807) is 18.2 Å². The van der Waals surface area contributed by atoms with Crippen LogP contribution in [-0.2, 0) is 22.0 Å². The van der Waals surface area contributed by atoms with Gasteiger partial charge in [-0.15, -0.1) is 0 Å². The summed E-state index contributed by atoms with van der Waals surface area (Å²) >= 11 is 0. The van der Waals surface area contributed by atoms with Crippen LogP contribution < -0.4 is 0 Å². The van der Waals surface area contributed by atoms with Crippen molar-refractivity contribution in [2.75, 3.05) is 0 Å². The second-order valence-electron chi connectivity index (χ2n) is 5.52. The lowest BCUT2D eigenvalue weighted by Gasteiger charge is -1.97. The van der Waals surface area contributed by atoms with Gasteiger partial charge < -0.3 is 9.51 Å². The normalized spacial score (nSPS) is 12.3. The van der Waals surface area contributed by atoms with Crippen LogP contribution in [0.3, 0.4) is 0 Å². The first-order valence-electron chi connectivity index (χ1n) is 6.93. The number of benzene rings is 1. The third-order valence-electron chi connectivity index (χ3n) is 3.07. The number of fused-ring (bicyclic) bond motifs is 1. The SMILES string of the molecule is CC(C)Cc1nc(CS(=O)(=O)c2nc3ccccc3[nH]2)no1. The topological polar surface area (TPSA) is 102 Å². The zero-order valence-corrected chi connectivity index (χ0v) is 13.1. The Morgan fingerprint density at radius 1 is 1.23 bits per heavy atom. The quantitative estimate of drug-likeness (QED) is 0.772. The van der Waals surface area contributed by atoms with Crippen molar-refractivity contribution in [1.82, 2.24) is 20.1 Å². The van der Waals surface area contributed by atoms with Crippen LogP contribution in [0, 0.1) is 5.92 Å². The number of hydrogen-bond acceptors (Lipinski definition) is 6. The highest BCUT2D eigenvalue weighted by atomic mass is 32.2. The standard InChI is InChI=1S/C14H16N4O3S/c1-9(2)7-13-17-12(18-21-13)8-22(19,20)14-15-10-5-3-4-6-11(10)16-14/h3-6,9H,7-8H2,1-2H3,(H,15,16). The summed E-state index contributed by atoms with van der Waals surface area (Å²) in [5.74, 6) is 0.621. The molecule has 2 heterocycles. The summed E-state index contributed by atoms with van der Waals surface area (Å²) in [5.41, 5.74) is 1.28. The van der Waals surface area contributed by atoms with Gasteiger partial charge in [-0.3, -0.25) is 0 Å². The van der Waals surface area contributed by atoms with Gasteiger partial charge in [0, 0.05) is 6.42 Å². The molecule has 3 aromatic rings. The van der Waals surface area contributed by atoms with E-state index in [9.17, 15) is 8.42 Å². The number of aromatic nitrogens is 4. The van der Waals surface area contributed by atoms with Crippen molar-refractivity contribution in [3.8, 4) is 0 Å². The number of nitrogens with zero attached hydrogens (tertiary/aromatic N) is 3. The first-order valence-corrected chi connectivity index (χ1v) is 8.58. The molecular formula is C14H16N4O3S. The van der Waals surface area contributed by atoms with Crippen molar-refractivity contribution < 1.29 is 12.9 Å². The van der Waals surface area contributed by atoms with Crippen molar-refractivity contribution >= 4 is 20.9 Å². The Morgan fingerprint density at radius 2 is 2.00 bits per heavy atom. The van der Waals surface area contributed by atoms with E-state index < -0.39 is 9.84 Å². The smallest absolute Gasteiger partial charge is 0.226 e. The highest BCUT2D eigenvalue weighted by molar-refractivity contribution is 7.90. The van der Waals surface area contributed by atoms with Gasteiger partial charge in [0.2, 0.25) is 20.9 Å². The van der Waals surface area contributed by atoms with Crippen LogP contribution in [-0.4, -0.2) is 28.5 Å². The third-order valence-corrected chi connectivity index (χ3v) is 4.50. The minimum absolute atomic E-state index is 0.0797. The van der Waals surface area contributed by atoms with Crippen LogP contribution in [0.5, 0.6) is 0 Å². The largest absolute Gasteiger partial charge is 0.339 e. The molecule has 0 unspecified atom stereocenters. The summed E-state index contributed by atoms with van der Waals surface area (Å²) in [4.78, 5) is 11.0. The lowest BCUT2D eigenvalue weighted by atomic mass is 10.1. The molecule has 22 heavy (non-hydrogen) atoms. The Labute approximate surface area is 127 Å². The molecule has 0 amide bonds. The maximum absolute atomic E-state index is 12.4. The predicted octanol–water partition coefficient (Wildman–Crippen LogP) is 2.12.